The molecule has 1 aliphatic heterocycles. The molecule has 1 aliphatic rings. The standard InChI is InChI=1S/C26H15ClN2O4S/c27-16-9-10-20-19(14-16)23(30)21-22(29(25(31)24(21)33-20)26-28-11-12-34-26)15-5-4-8-18(13-15)32-17-6-2-1-3-7-17/h1-14,22H. The summed E-state index contributed by atoms with van der Waals surface area (Å²) in [6, 6.07) is 20.8. The Morgan fingerprint density at radius 1 is 0.971 bits per heavy atom. The Morgan fingerprint density at radius 3 is 2.59 bits per heavy atom. The fourth-order valence-corrected chi connectivity index (χ4v) is 5.00. The van der Waals surface area contributed by atoms with Crippen molar-refractivity contribution in [3.63, 3.8) is 0 Å². The van der Waals surface area contributed by atoms with Gasteiger partial charge in [-0.05, 0) is 48.0 Å². The zero-order chi connectivity index (χ0) is 23.2. The number of aromatic nitrogens is 1. The molecule has 2 aromatic heterocycles. The van der Waals surface area contributed by atoms with Crippen LogP contribution in [0.1, 0.15) is 27.7 Å². The van der Waals surface area contributed by atoms with Crippen molar-refractivity contribution in [1.29, 1.82) is 0 Å². The predicted molar refractivity (Wildman–Crippen MR) is 131 cm³/mol. The number of rotatable bonds is 4. The number of halogens is 1. The predicted octanol–water partition coefficient (Wildman–Crippen LogP) is 6.45. The number of thiazole rings is 1. The van der Waals surface area contributed by atoms with Gasteiger partial charge in [-0.3, -0.25) is 14.5 Å². The lowest BCUT2D eigenvalue weighted by Gasteiger charge is -2.23. The van der Waals surface area contributed by atoms with Crippen LogP contribution >= 0.6 is 22.9 Å². The Labute approximate surface area is 202 Å². The highest BCUT2D eigenvalue weighted by Crippen LogP contribution is 2.42. The maximum absolute atomic E-state index is 13.6. The number of amides is 1. The summed E-state index contributed by atoms with van der Waals surface area (Å²) in [4.78, 5) is 33.0. The van der Waals surface area contributed by atoms with Crippen LogP contribution in [0.25, 0.3) is 11.0 Å². The Hall–Kier alpha value is -3.94. The molecule has 1 amide bonds. The number of fused-ring (bicyclic) bond motifs is 2. The summed E-state index contributed by atoms with van der Waals surface area (Å²) in [6.07, 6.45) is 1.62. The monoisotopic (exact) mass is 486 g/mol. The van der Waals surface area contributed by atoms with Crippen LogP contribution < -0.4 is 15.1 Å². The molecule has 0 aliphatic carbocycles. The normalized spacial score (nSPS) is 15.0. The second-order valence-electron chi connectivity index (χ2n) is 7.69. The van der Waals surface area contributed by atoms with E-state index in [4.69, 9.17) is 20.8 Å². The number of ether oxygens (including phenoxy) is 1. The molecule has 0 N–H and O–H groups in total. The summed E-state index contributed by atoms with van der Waals surface area (Å²) in [5.74, 6) is 0.851. The molecule has 166 valence electrons. The lowest BCUT2D eigenvalue weighted by molar-refractivity contribution is 0.0971. The second-order valence-corrected chi connectivity index (χ2v) is 9.00. The molecule has 6 rings (SSSR count). The van der Waals surface area contributed by atoms with Crippen LogP contribution in [-0.2, 0) is 0 Å². The SMILES string of the molecule is O=C1c2oc3ccc(Cl)cc3c(=O)c2C(c2cccc(Oc3ccccc3)c2)N1c1nccs1. The molecule has 0 radical (unpaired) electrons. The maximum atomic E-state index is 13.6. The van der Waals surface area contributed by atoms with Gasteiger partial charge < -0.3 is 9.15 Å². The van der Waals surface area contributed by atoms with E-state index < -0.39 is 11.9 Å². The van der Waals surface area contributed by atoms with Crippen molar-refractivity contribution in [3.05, 3.63) is 117 Å². The van der Waals surface area contributed by atoms with Crippen molar-refractivity contribution in [2.75, 3.05) is 4.90 Å². The lowest BCUT2D eigenvalue weighted by atomic mass is 9.98. The van der Waals surface area contributed by atoms with Gasteiger partial charge in [-0.15, -0.1) is 11.3 Å². The van der Waals surface area contributed by atoms with Crippen LogP contribution in [0.15, 0.2) is 93.6 Å². The Balaban J connectivity index is 1.55. The first-order valence-electron chi connectivity index (χ1n) is 10.4. The van der Waals surface area contributed by atoms with Gasteiger partial charge in [-0.25, -0.2) is 4.98 Å². The van der Waals surface area contributed by atoms with Crippen LogP contribution in [0.5, 0.6) is 11.5 Å². The fraction of sp³-hybridized carbons (Fsp3) is 0.0385. The molecule has 3 aromatic carbocycles. The minimum atomic E-state index is -0.729. The molecular formula is C26H15ClN2O4S. The molecule has 34 heavy (non-hydrogen) atoms. The topological polar surface area (TPSA) is 72.6 Å². The Morgan fingerprint density at radius 2 is 1.79 bits per heavy atom. The van der Waals surface area contributed by atoms with Gasteiger partial charge in [-0.2, -0.15) is 0 Å². The van der Waals surface area contributed by atoms with E-state index in [-0.39, 0.29) is 16.8 Å². The number of nitrogens with zero attached hydrogens (tertiary/aromatic N) is 2. The molecule has 0 saturated heterocycles. The molecular weight excluding hydrogens is 472 g/mol. The van der Waals surface area contributed by atoms with Crippen LogP contribution in [0, 0.1) is 0 Å². The van der Waals surface area contributed by atoms with Crippen molar-refractivity contribution in [2.24, 2.45) is 0 Å². The van der Waals surface area contributed by atoms with Crippen LogP contribution in [0.4, 0.5) is 5.13 Å². The van der Waals surface area contributed by atoms with Gasteiger partial charge in [0, 0.05) is 16.6 Å². The fourth-order valence-electron chi connectivity index (χ4n) is 4.17. The highest BCUT2D eigenvalue weighted by Gasteiger charge is 2.44. The van der Waals surface area contributed by atoms with Gasteiger partial charge in [0.15, 0.2) is 10.6 Å². The number of para-hydroxylation sites is 1. The van der Waals surface area contributed by atoms with E-state index in [9.17, 15) is 9.59 Å². The van der Waals surface area contributed by atoms with Gasteiger partial charge >= 0.3 is 0 Å². The van der Waals surface area contributed by atoms with Gasteiger partial charge in [0.1, 0.15) is 17.1 Å². The summed E-state index contributed by atoms with van der Waals surface area (Å²) in [5.41, 5.74) is 0.962. The van der Waals surface area contributed by atoms with E-state index in [0.29, 0.717) is 38.2 Å². The van der Waals surface area contributed by atoms with Crippen molar-refractivity contribution >= 4 is 44.9 Å². The summed E-state index contributed by atoms with van der Waals surface area (Å²) in [5, 5.41) is 2.98. The number of benzene rings is 3. The third-order valence-electron chi connectivity index (χ3n) is 5.61. The number of anilines is 1. The van der Waals surface area contributed by atoms with Crippen molar-refractivity contribution in [1.82, 2.24) is 4.98 Å². The average Bonchev–Trinajstić information content (AvgIpc) is 3.47. The molecule has 0 bridgehead atoms. The van der Waals surface area contributed by atoms with E-state index in [0.717, 1.165) is 0 Å². The number of carbonyl (C=O) groups excluding carboxylic acids is 1. The van der Waals surface area contributed by atoms with E-state index in [1.807, 2.05) is 54.6 Å². The quantitative estimate of drug-likeness (QED) is 0.292. The number of hydrogen-bond acceptors (Lipinski definition) is 6. The van der Waals surface area contributed by atoms with Crippen molar-refractivity contribution in [3.8, 4) is 11.5 Å². The number of carbonyl (C=O) groups is 1. The van der Waals surface area contributed by atoms with Gasteiger partial charge in [0.05, 0.1) is 17.0 Å². The van der Waals surface area contributed by atoms with Crippen LogP contribution in [0.3, 0.4) is 0 Å². The molecule has 0 fully saturated rings. The zero-order valence-corrected chi connectivity index (χ0v) is 19.0. The first-order valence-corrected chi connectivity index (χ1v) is 11.7. The van der Waals surface area contributed by atoms with Gasteiger partial charge in [0.25, 0.3) is 5.91 Å². The molecule has 1 atom stereocenters. The molecule has 0 spiro atoms. The van der Waals surface area contributed by atoms with E-state index in [2.05, 4.69) is 4.98 Å². The lowest BCUT2D eigenvalue weighted by Crippen LogP contribution is -2.29. The summed E-state index contributed by atoms with van der Waals surface area (Å²) < 4.78 is 12.0. The third-order valence-corrected chi connectivity index (χ3v) is 6.62. The molecule has 8 heteroatoms. The average molecular weight is 487 g/mol. The Bertz CT molecular complexity index is 1600. The number of hydrogen-bond donors (Lipinski definition) is 0. The first kappa shape index (κ1) is 20.7. The zero-order valence-electron chi connectivity index (χ0n) is 17.5. The molecule has 5 aromatic rings. The molecule has 0 saturated carbocycles. The van der Waals surface area contributed by atoms with Crippen molar-refractivity contribution < 1.29 is 13.9 Å². The highest BCUT2D eigenvalue weighted by molar-refractivity contribution is 7.13. The first-order chi connectivity index (χ1) is 16.6. The van der Waals surface area contributed by atoms with Crippen LogP contribution in [-0.4, -0.2) is 10.9 Å². The van der Waals surface area contributed by atoms with Gasteiger partial charge in [0.2, 0.25) is 5.76 Å². The summed E-state index contributed by atoms with van der Waals surface area (Å²) >= 11 is 7.46. The largest absolute Gasteiger partial charge is 0.457 e. The Kier molecular flexibility index (Phi) is 4.94. The summed E-state index contributed by atoms with van der Waals surface area (Å²) in [7, 11) is 0. The second kappa shape index (κ2) is 8.13. The van der Waals surface area contributed by atoms with E-state index in [1.54, 1.807) is 29.8 Å². The van der Waals surface area contributed by atoms with E-state index in [1.165, 1.54) is 16.2 Å². The molecule has 6 nitrogen and oxygen atoms in total. The maximum Gasteiger partial charge on any atom is 0.297 e. The van der Waals surface area contributed by atoms with Crippen molar-refractivity contribution in [2.45, 2.75) is 6.04 Å². The summed E-state index contributed by atoms with van der Waals surface area (Å²) in [6.45, 7) is 0. The van der Waals surface area contributed by atoms with Gasteiger partial charge in [-0.1, -0.05) is 41.9 Å². The van der Waals surface area contributed by atoms with Crippen LogP contribution in [0.2, 0.25) is 5.02 Å². The third kappa shape index (κ3) is 3.37. The molecule has 3 heterocycles. The minimum Gasteiger partial charge on any atom is -0.457 e. The highest BCUT2D eigenvalue weighted by atomic mass is 35.5. The molecule has 1 unspecified atom stereocenters. The minimum absolute atomic E-state index is 0.00871. The van der Waals surface area contributed by atoms with E-state index >= 15 is 0 Å². The smallest absolute Gasteiger partial charge is 0.297 e.